The highest BCUT2D eigenvalue weighted by Crippen LogP contribution is 2.44. The minimum Gasteiger partial charge on any atom is -0.448 e. The van der Waals surface area contributed by atoms with Crippen molar-refractivity contribution in [1.82, 2.24) is 9.80 Å². The van der Waals surface area contributed by atoms with Gasteiger partial charge >= 0.3 is 13.2 Å². The normalized spacial score (nSPS) is 19.3. The molecule has 0 radical (unpaired) electrons. The first-order chi connectivity index (χ1) is 20.1. The summed E-state index contributed by atoms with van der Waals surface area (Å²) < 4.78 is 18.5. The van der Waals surface area contributed by atoms with E-state index in [4.69, 9.17) is 20.5 Å². The van der Waals surface area contributed by atoms with E-state index in [-0.39, 0.29) is 12.0 Å². The Kier molecular flexibility index (Phi) is 7.43. The lowest BCUT2D eigenvalue weighted by Gasteiger charge is -2.34. The second kappa shape index (κ2) is 10.9. The van der Waals surface area contributed by atoms with Crippen LogP contribution in [0.1, 0.15) is 61.4 Å². The van der Waals surface area contributed by atoms with E-state index < -0.39 is 18.3 Å². The van der Waals surface area contributed by atoms with Crippen molar-refractivity contribution < 1.29 is 18.8 Å². The molecular weight excluding hydrogens is 523 g/mol. The van der Waals surface area contributed by atoms with Gasteiger partial charge < -0.3 is 18.9 Å². The molecule has 0 bridgehead atoms. The Labute approximate surface area is 250 Å². The minimum atomic E-state index is -0.466. The molecular formula is C35H39BN2O4. The Morgan fingerprint density at radius 2 is 1.52 bits per heavy atom. The third kappa shape index (κ3) is 5.13. The molecule has 1 amide bonds. The fourth-order valence-electron chi connectivity index (χ4n) is 6.24. The smallest absolute Gasteiger partial charge is 0.448 e. The lowest BCUT2D eigenvalue weighted by atomic mass is 9.76. The molecule has 2 fully saturated rings. The number of hydrogen-bond donors (Lipinski definition) is 0. The van der Waals surface area contributed by atoms with E-state index in [9.17, 15) is 4.79 Å². The Morgan fingerprint density at radius 1 is 0.952 bits per heavy atom. The highest BCUT2D eigenvalue weighted by atomic mass is 16.7. The third-order valence-electron chi connectivity index (χ3n) is 9.58. The molecule has 3 aliphatic rings. The van der Waals surface area contributed by atoms with Crippen LogP contribution in [-0.2, 0) is 20.6 Å². The lowest BCUT2D eigenvalue weighted by molar-refractivity contribution is 0.00578. The number of hydrogen-bond acceptors (Lipinski definition) is 5. The molecule has 3 aromatic carbocycles. The van der Waals surface area contributed by atoms with Crippen LogP contribution in [-0.4, -0.2) is 67.0 Å². The topological polar surface area (TPSA) is 51.2 Å². The summed E-state index contributed by atoms with van der Waals surface area (Å²) in [4.78, 5) is 17.3. The molecule has 7 heteroatoms. The van der Waals surface area contributed by atoms with Crippen molar-refractivity contribution >= 4 is 18.7 Å². The van der Waals surface area contributed by atoms with Gasteiger partial charge in [-0.25, -0.2) is 4.79 Å². The summed E-state index contributed by atoms with van der Waals surface area (Å²) in [6.07, 6.45) is 5.66. The summed E-state index contributed by atoms with van der Waals surface area (Å²) in [5.41, 5.74) is 8.11. The molecule has 1 aliphatic carbocycles. The number of rotatable bonds is 5. The number of terminal acetylenes is 1. The average molecular weight is 563 g/mol. The van der Waals surface area contributed by atoms with Crippen LogP contribution in [0.4, 0.5) is 4.79 Å². The summed E-state index contributed by atoms with van der Waals surface area (Å²) in [5.74, 6) is 2.91. The first-order valence-corrected chi connectivity index (χ1v) is 14.9. The van der Waals surface area contributed by atoms with Gasteiger partial charge in [0.05, 0.1) is 11.2 Å². The van der Waals surface area contributed by atoms with Crippen molar-refractivity contribution in [2.75, 3.05) is 32.8 Å². The minimum absolute atomic E-state index is 0.0622. The average Bonchev–Trinajstić information content (AvgIpc) is 3.42. The second-order valence-corrected chi connectivity index (χ2v) is 12.7. The molecule has 0 atom stereocenters. The Balaban J connectivity index is 1.08. The summed E-state index contributed by atoms with van der Waals surface area (Å²) in [6, 6.07) is 21.0. The van der Waals surface area contributed by atoms with Crippen molar-refractivity contribution in [2.45, 2.75) is 58.3 Å². The van der Waals surface area contributed by atoms with Gasteiger partial charge in [-0.15, -0.1) is 6.42 Å². The standard InChI is InChI=1S/C35H39BN2O4/c1-7-25-20-27(36-41-34(3,4)35(5,6)42-36)21-26(24(25)2)22-37-16-18-38(19-17-37)33(39)40-23-32-30-14-10-8-12-28(30)29-13-9-11-15-31(29)32/h1,8-15,20-21,32H,16-19,22-23H2,2-6H3. The van der Waals surface area contributed by atoms with E-state index in [2.05, 4.69) is 100 Å². The van der Waals surface area contributed by atoms with E-state index in [0.29, 0.717) is 19.7 Å². The number of carbonyl (C=O) groups excluding carboxylic acids is 1. The molecule has 0 aromatic heterocycles. The number of piperazine rings is 1. The number of nitrogens with zero attached hydrogens (tertiary/aromatic N) is 2. The Morgan fingerprint density at radius 3 is 2.10 bits per heavy atom. The number of benzene rings is 3. The van der Waals surface area contributed by atoms with E-state index in [0.717, 1.165) is 41.8 Å². The highest BCUT2D eigenvalue weighted by Gasteiger charge is 2.51. The molecule has 2 heterocycles. The molecule has 6 nitrogen and oxygen atoms in total. The van der Waals surface area contributed by atoms with Crippen LogP contribution in [0.5, 0.6) is 0 Å². The fourth-order valence-corrected chi connectivity index (χ4v) is 6.24. The summed E-state index contributed by atoms with van der Waals surface area (Å²) in [7, 11) is -0.466. The number of amides is 1. The van der Waals surface area contributed by atoms with Gasteiger partial charge in [0.1, 0.15) is 6.61 Å². The Hall–Kier alpha value is -3.57. The molecule has 3 aromatic rings. The van der Waals surface area contributed by atoms with Gasteiger partial charge in [-0.2, -0.15) is 0 Å². The van der Waals surface area contributed by atoms with Crippen LogP contribution < -0.4 is 5.46 Å². The van der Waals surface area contributed by atoms with Crippen molar-refractivity contribution in [2.24, 2.45) is 0 Å². The zero-order chi connectivity index (χ0) is 29.6. The summed E-state index contributed by atoms with van der Waals surface area (Å²) in [6.45, 7) is 14.1. The molecule has 6 rings (SSSR count). The number of carbonyl (C=O) groups is 1. The van der Waals surface area contributed by atoms with Gasteiger partial charge in [-0.3, -0.25) is 4.90 Å². The fraction of sp³-hybridized carbons (Fsp3) is 0.400. The number of fused-ring (bicyclic) bond motifs is 3. The SMILES string of the molecule is C#Cc1cc(B2OC(C)(C)C(C)(C)O2)cc(CN2CCN(C(=O)OCC3c4ccccc4-c4ccccc43)CC2)c1C. The molecule has 0 spiro atoms. The molecule has 42 heavy (non-hydrogen) atoms. The van der Waals surface area contributed by atoms with Crippen LogP contribution >= 0.6 is 0 Å². The summed E-state index contributed by atoms with van der Waals surface area (Å²) in [5, 5.41) is 0. The van der Waals surface area contributed by atoms with Gasteiger partial charge in [0, 0.05) is 44.2 Å². The maximum absolute atomic E-state index is 13.1. The third-order valence-corrected chi connectivity index (χ3v) is 9.58. The van der Waals surface area contributed by atoms with E-state index in [1.54, 1.807) is 0 Å². The van der Waals surface area contributed by atoms with Gasteiger partial charge in [0.15, 0.2) is 0 Å². The van der Waals surface area contributed by atoms with Gasteiger partial charge in [0.25, 0.3) is 0 Å². The molecule has 2 aliphatic heterocycles. The van der Waals surface area contributed by atoms with E-state index in [1.807, 2.05) is 11.0 Å². The quantitative estimate of drug-likeness (QED) is 0.311. The Bertz CT molecular complexity index is 1490. The maximum Gasteiger partial charge on any atom is 0.494 e. The molecule has 0 unspecified atom stereocenters. The van der Waals surface area contributed by atoms with Crippen LogP contribution in [0.2, 0.25) is 0 Å². The molecule has 2 saturated heterocycles. The molecule has 0 N–H and O–H groups in total. The van der Waals surface area contributed by atoms with E-state index in [1.165, 1.54) is 22.3 Å². The highest BCUT2D eigenvalue weighted by molar-refractivity contribution is 6.62. The van der Waals surface area contributed by atoms with Crippen LogP contribution in [0.25, 0.3) is 11.1 Å². The lowest BCUT2D eigenvalue weighted by Crippen LogP contribution is -2.48. The van der Waals surface area contributed by atoms with Crippen molar-refractivity contribution in [1.29, 1.82) is 0 Å². The summed E-state index contributed by atoms with van der Waals surface area (Å²) >= 11 is 0. The number of ether oxygens (including phenoxy) is 1. The van der Waals surface area contributed by atoms with Gasteiger partial charge in [0.2, 0.25) is 0 Å². The molecule has 0 saturated carbocycles. The van der Waals surface area contributed by atoms with Crippen LogP contribution in [0.3, 0.4) is 0 Å². The molecule has 216 valence electrons. The van der Waals surface area contributed by atoms with Crippen molar-refractivity contribution in [3.63, 3.8) is 0 Å². The predicted octanol–water partition coefficient (Wildman–Crippen LogP) is 5.34. The first-order valence-electron chi connectivity index (χ1n) is 14.9. The first kappa shape index (κ1) is 28.5. The second-order valence-electron chi connectivity index (χ2n) is 12.7. The largest absolute Gasteiger partial charge is 0.494 e. The van der Waals surface area contributed by atoms with Crippen molar-refractivity contribution in [3.8, 4) is 23.5 Å². The zero-order valence-electron chi connectivity index (χ0n) is 25.3. The van der Waals surface area contributed by atoms with Crippen LogP contribution in [0.15, 0.2) is 60.7 Å². The van der Waals surface area contributed by atoms with Gasteiger partial charge in [-0.1, -0.05) is 60.5 Å². The van der Waals surface area contributed by atoms with Gasteiger partial charge in [-0.05, 0) is 79.5 Å². The maximum atomic E-state index is 13.1. The monoisotopic (exact) mass is 562 g/mol. The van der Waals surface area contributed by atoms with E-state index >= 15 is 0 Å². The predicted molar refractivity (Wildman–Crippen MR) is 167 cm³/mol. The van der Waals surface area contributed by atoms with Crippen molar-refractivity contribution in [3.05, 3.63) is 88.5 Å². The van der Waals surface area contributed by atoms with Crippen LogP contribution in [0, 0.1) is 19.3 Å². The zero-order valence-corrected chi connectivity index (χ0v) is 25.3.